The monoisotopic (exact) mass is 379 g/mol. The first-order valence-corrected chi connectivity index (χ1v) is 10.6. The molecule has 0 N–H and O–H groups in total. The van der Waals surface area contributed by atoms with E-state index in [1.807, 2.05) is 14.1 Å². The van der Waals surface area contributed by atoms with Gasteiger partial charge < -0.3 is 4.90 Å². The van der Waals surface area contributed by atoms with E-state index in [0.29, 0.717) is 17.5 Å². The zero-order valence-corrected chi connectivity index (χ0v) is 16.8. The van der Waals surface area contributed by atoms with E-state index in [1.54, 1.807) is 22.8 Å². The topological polar surface area (TPSA) is 55.2 Å². The standard InChI is InChI=1S/C18H25N3O2S2/c1-12(22)11-24-18-19-16-15(13-7-4-5-8-14(13)25-16)17(23)21(18)10-6-9-20(2)3/h4-11H2,1-3H3. The number of thioether (sulfide) groups is 1. The Bertz CT molecular complexity index is 839. The van der Waals surface area contributed by atoms with Gasteiger partial charge >= 0.3 is 0 Å². The summed E-state index contributed by atoms with van der Waals surface area (Å²) in [6.07, 6.45) is 5.29. The fourth-order valence-electron chi connectivity index (χ4n) is 3.24. The lowest BCUT2D eigenvalue weighted by molar-refractivity contribution is -0.114. The van der Waals surface area contributed by atoms with Gasteiger partial charge in [0.2, 0.25) is 0 Å². The van der Waals surface area contributed by atoms with Crippen molar-refractivity contribution in [3.63, 3.8) is 0 Å². The van der Waals surface area contributed by atoms with Crippen LogP contribution >= 0.6 is 23.1 Å². The maximum Gasteiger partial charge on any atom is 0.263 e. The minimum atomic E-state index is 0.0780. The summed E-state index contributed by atoms with van der Waals surface area (Å²) in [7, 11) is 4.07. The summed E-state index contributed by atoms with van der Waals surface area (Å²) < 4.78 is 1.79. The number of nitrogens with zero attached hydrogens (tertiary/aromatic N) is 3. The Balaban J connectivity index is 2.04. The minimum absolute atomic E-state index is 0.0780. The summed E-state index contributed by atoms with van der Waals surface area (Å²) in [5.74, 6) is 0.459. The Labute approximate surface area is 156 Å². The number of aryl methyl sites for hydroxylation is 2. The summed E-state index contributed by atoms with van der Waals surface area (Å²) in [4.78, 5) is 33.7. The third kappa shape index (κ3) is 4.15. The van der Waals surface area contributed by atoms with Gasteiger partial charge in [0.15, 0.2) is 5.16 Å². The van der Waals surface area contributed by atoms with Gasteiger partial charge in [-0.15, -0.1) is 11.3 Å². The molecule has 0 spiro atoms. The molecule has 0 saturated heterocycles. The van der Waals surface area contributed by atoms with Gasteiger partial charge in [-0.1, -0.05) is 11.8 Å². The highest BCUT2D eigenvalue weighted by atomic mass is 32.2. The van der Waals surface area contributed by atoms with E-state index in [9.17, 15) is 9.59 Å². The van der Waals surface area contributed by atoms with Gasteiger partial charge in [0, 0.05) is 11.4 Å². The Hall–Kier alpha value is -1.18. The van der Waals surface area contributed by atoms with Crippen LogP contribution in [0.4, 0.5) is 0 Å². The molecule has 0 saturated carbocycles. The Morgan fingerprint density at radius 2 is 2.08 bits per heavy atom. The summed E-state index contributed by atoms with van der Waals surface area (Å²) in [6, 6.07) is 0. The average Bonchev–Trinajstić information content (AvgIpc) is 2.93. The molecule has 2 aromatic heterocycles. The van der Waals surface area contributed by atoms with E-state index in [0.717, 1.165) is 42.4 Å². The maximum atomic E-state index is 13.2. The van der Waals surface area contributed by atoms with Crippen molar-refractivity contribution in [2.24, 2.45) is 0 Å². The predicted molar refractivity (Wildman–Crippen MR) is 105 cm³/mol. The van der Waals surface area contributed by atoms with Gasteiger partial charge in [0.1, 0.15) is 10.6 Å². The molecule has 1 aliphatic carbocycles. The number of hydrogen-bond donors (Lipinski definition) is 0. The third-order valence-electron chi connectivity index (χ3n) is 4.43. The minimum Gasteiger partial charge on any atom is -0.309 e. The van der Waals surface area contributed by atoms with E-state index in [-0.39, 0.29) is 11.3 Å². The SMILES string of the molecule is CC(=O)CSc1nc2sc3c(c2c(=O)n1CCCN(C)C)CCCC3. The van der Waals surface area contributed by atoms with Crippen LogP contribution in [0.25, 0.3) is 10.2 Å². The molecule has 5 nitrogen and oxygen atoms in total. The van der Waals surface area contributed by atoms with Crippen LogP contribution in [0.5, 0.6) is 0 Å². The predicted octanol–water partition coefficient (Wildman–Crippen LogP) is 2.97. The van der Waals surface area contributed by atoms with E-state index < -0.39 is 0 Å². The Morgan fingerprint density at radius 1 is 1.32 bits per heavy atom. The van der Waals surface area contributed by atoms with Crippen LogP contribution < -0.4 is 5.56 Å². The highest BCUT2D eigenvalue weighted by molar-refractivity contribution is 7.99. The molecule has 0 aliphatic heterocycles. The first kappa shape index (κ1) is 18.6. The first-order valence-electron chi connectivity index (χ1n) is 8.79. The van der Waals surface area contributed by atoms with Gasteiger partial charge in [-0.05, 0) is 65.2 Å². The van der Waals surface area contributed by atoms with Crippen molar-refractivity contribution in [1.82, 2.24) is 14.5 Å². The van der Waals surface area contributed by atoms with Gasteiger partial charge in [-0.3, -0.25) is 14.2 Å². The van der Waals surface area contributed by atoms with Gasteiger partial charge in [-0.25, -0.2) is 4.98 Å². The maximum absolute atomic E-state index is 13.2. The van der Waals surface area contributed by atoms with Crippen LogP contribution in [-0.2, 0) is 24.2 Å². The molecule has 7 heteroatoms. The first-order chi connectivity index (χ1) is 12.0. The highest BCUT2D eigenvalue weighted by Gasteiger charge is 2.22. The Morgan fingerprint density at radius 3 is 2.80 bits per heavy atom. The lowest BCUT2D eigenvalue weighted by atomic mass is 9.97. The molecule has 1 aliphatic rings. The molecule has 0 atom stereocenters. The molecular formula is C18H25N3O2S2. The lowest BCUT2D eigenvalue weighted by Crippen LogP contribution is -2.26. The van der Waals surface area contributed by atoms with Crippen LogP contribution in [-0.4, -0.2) is 46.6 Å². The molecule has 136 valence electrons. The number of Topliss-reactive ketones (excluding diaryl/α,β-unsaturated/α-hetero) is 1. The number of carbonyl (C=O) groups is 1. The summed E-state index contributed by atoms with van der Waals surface area (Å²) in [5, 5.41) is 1.52. The molecule has 2 heterocycles. The second-order valence-electron chi connectivity index (χ2n) is 6.89. The van der Waals surface area contributed by atoms with E-state index >= 15 is 0 Å². The summed E-state index contributed by atoms with van der Waals surface area (Å²) in [6.45, 7) is 3.14. The van der Waals surface area contributed by atoms with Crippen LogP contribution in [0.1, 0.15) is 36.6 Å². The van der Waals surface area contributed by atoms with E-state index in [2.05, 4.69) is 4.90 Å². The van der Waals surface area contributed by atoms with Crippen LogP contribution in [0, 0.1) is 0 Å². The van der Waals surface area contributed by atoms with Crippen molar-refractivity contribution in [1.29, 1.82) is 0 Å². The number of thiophene rings is 1. The fraction of sp³-hybridized carbons (Fsp3) is 0.611. The molecule has 0 fully saturated rings. The number of hydrogen-bond acceptors (Lipinski definition) is 6. The van der Waals surface area contributed by atoms with E-state index in [4.69, 9.17) is 4.98 Å². The average molecular weight is 380 g/mol. The molecule has 0 radical (unpaired) electrons. The molecule has 0 unspecified atom stereocenters. The van der Waals surface area contributed by atoms with Gasteiger partial charge in [-0.2, -0.15) is 0 Å². The zero-order valence-electron chi connectivity index (χ0n) is 15.1. The van der Waals surface area contributed by atoms with Gasteiger partial charge in [0.05, 0.1) is 11.1 Å². The van der Waals surface area contributed by atoms with Crippen LogP contribution in [0.2, 0.25) is 0 Å². The normalized spacial score (nSPS) is 14.2. The largest absolute Gasteiger partial charge is 0.309 e. The smallest absolute Gasteiger partial charge is 0.263 e. The molecule has 0 bridgehead atoms. The van der Waals surface area contributed by atoms with E-state index in [1.165, 1.54) is 28.6 Å². The molecule has 3 rings (SSSR count). The number of carbonyl (C=O) groups excluding carboxylic acids is 1. The fourth-order valence-corrected chi connectivity index (χ4v) is 5.37. The van der Waals surface area contributed by atoms with Gasteiger partial charge in [0.25, 0.3) is 5.56 Å². The number of ketones is 1. The third-order valence-corrected chi connectivity index (χ3v) is 6.74. The zero-order chi connectivity index (χ0) is 18.0. The number of fused-ring (bicyclic) bond motifs is 3. The van der Waals surface area contributed by atoms with Crippen molar-refractivity contribution < 1.29 is 4.79 Å². The molecular weight excluding hydrogens is 354 g/mol. The van der Waals surface area contributed by atoms with Crippen molar-refractivity contribution in [3.05, 3.63) is 20.8 Å². The number of rotatable bonds is 7. The molecule has 25 heavy (non-hydrogen) atoms. The lowest BCUT2D eigenvalue weighted by Gasteiger charge is -2.14. The Kier molecular flexibility index (Phi) is 5.96. The van der Waals surface area contributed by atoms with Crippen molar-refractivity contribution in [2.45, 2.75) is 50.7 Å². The van der Waals surface area contributed by atoms with Crippen molar-refractivity contribution in [2.75, 3.05) is 26.4 Å². The second-order valence-corrected chi connectivity index (χ2v) is 8.92. The van der Waals surface area contributed by atoms with Crippen molar-refractivity contribution >= 4 is 39.1 Å². The highest BCUT2D eigenvalue weighted by Crippen LogP contribution is 2.34. The summed E-state index contributed by atoms with van der Waals surface area (Å²) in [5.41, 5.74) is 1.31. The number of aromatic nitrogens is 2. The molecule has 0 amide bonds. The molecule has 0 aromatic carbocycles. The van der Waals surface area contributed by atoms with Crippen LogP contribution in [0.3, 0.4) is 0 Å². The second kappa shape index (κ2) is 8.01. The van der Waals surface area contributed by atoms with Crippen molar-refractivity contribution in [3.8, 4) is 0 Å². The summed E-state index contributed by atoms with van der Waals surface area (Å²) >= 11 is 3.05. The quantitative estimate of drug-likeness (QED) is 0.547. The van der Waals surface area contributed by atoms with Crippen LogP contribution in [0.15, 0.2) is 9.95 Å². The molecule has 2 aromatic rings.